The number of fused-ring (bicyclic) bond motifs is 1. The third-order valence-electron chi connectivity index (χ3n) is 4.91. The van der Waals surface area contributed by atoms with Gasteiger partial charge in [0, 0.05) is 13.6 Å². The monoisotopic (exact) mass is 334 g/mol. The minimum atomic E-state index is -1.37. The van der Waals surface area contributed by atoms with Gasteiger partial charge in [0.05, 0.1) is 26.2 Å². The molecule has 0 saturated carbocycles. The largest absolute Gasteiger partial charge is 0.467 e. The van der Waals surface area contributed by atoms with Crippen LogP contribution < -0.4 is 5.32 Å². The Kier molecular flexibility index (Phi) is 4.33. The SMILES string of the molecule is COC(=O)[C@]1(COCc2ccccc2)NC(=O)[C@@H]2CN(C)O[C@@]21C. The molecule has 0 aliphatic carbocycles. The third kappa shape index (κ3) is 2.49. The number of carbonyl (C=O) groups is 2. The lowest BCUT2D eigenvalue weighted by molar-refractivity contribution is -0.215. The summed E-state index contributed by atoms with van der Waals surface area (Å²) in [5.74, 6) is -1.25. The molecule has 1 aromatic rings. The van der Waals surface area contributed by atoms with Crippen LogP contribution in [0.4, 0.5) is 0 Å². The van der Waals surface area contributed by atoms with E-state index in [4.69, 9.17) is 14.3 Å². The summed E-state index contributed by atoms with van der Waals surface area (Å²) in [6, 6.07) is 9.62. The quantitative estimate of drug-likeness (QED) is 0.790. The van der Waals surface area contributed by atoms with Crippen molar-refractivity contribution in [1.82, 2.24) is 10.4 Å². The Morgan fingerprint density at radius 3 is 2.79 bits per heavy atom. The lowest BCUT2D eigenvalue weighted by Crippen LogP contribution is -2.65. The molecule has 24 heavy (non-hydrogen) atoms. The summed E-state index contributed by atoms with van der Waals surface area (Å²) in [5.41, 5.74) is -1.45. The molecule has 1 aromatic carbocycles. The number of carbonyl (C=O) groups excluding carboxylic acids is 2. The number of benzene rings is 1. The second kappa shape index (κ2) is 6.16. The van der Waals surface area contributed by atoms with Crippen LogP contribution >= 0.6 is 0 Å². The van der Waals surface area contributed by atoms with Gasteiger partial charge in [0.25, 0.3) is 0 Å². The zero-order valence-electron chi connectivity index (χ0n) is 14.1. The van der Waals surface area contributed by atoms with Crippen LogP contribution in [0.2, 0.25) is 0 Å². The average molecular weight is 334 g/mol. The first-order valence-corrected chi connectivity index (χ1v) is 7.85. The van der Waals surface area contributed by atoms with Crippen molar-refractivity contribution < 1.29 is 23.9 Å². The standard InChI is InChI=1S/C17H22N2O5/c1-16-13(9-19(2)24-16)14(20)18-17(16,15(21)22-3)11-23-10-12-7-5-4-6-8-12/h4-8,13H,9-11H2,1-3H3,(H,18,20)/t13-,16-,17-/m0/s1. The highest BCUT2D eigenvalue weighted by Crippen LogP contribution is 2.45. The Morgan fingerprint density at radius 2 is 2.12 bits per heavy atom. The number of hydroxylamine groups is 2. The molecule has 3 atom stereocenters. The first-order chi connectivity index (χ1) is 11.4. The Bertz CT molecular complexity index is 637. The van der Waals surface area contributed by atoms with E-state index in [1.165, 1.54) is 7.11 Å². The Labute approximate surface area is 140 Å². The fraction of sp³-hybridized carbons (Fsp3) is 0.529. The van der Waals surface area contributed by atoms with E-state index in [0.717, 1.165) is 5.56 Å². The van der Waals surface area contributed by atoms with E-state index >= 15 is 0 Å². The minimum absolute atomic E-state index is 0.0266. The van der Waals surface area contributed by atoms with Crippen molar-refractivity contribution in [2.75, 3.05) is 27.3 Å². The van der Waals surface area contributed by atoms with E-state index in [0.29, 0.717) is 13.2 Å². The zero-order chi connectivity index (χ0) is 17.4. The van der Waals surface area contributed by atoms with Gasteiger partial charge in [-0.1, -0.05) is 30.3 Å². The molecule has 2 aliphatic heterocycles. The second-order valence-corrected chi connectivity index (χ2v) is 6.43. The van der Waals surface area contributed by atoms with E-state index in [1.54, 1.807) is 19.0 Å². The highest BCUT2D eigenvalue weighted by atomic mass is 16.7. The fourth-order valence-corrected chi connectivity index (χ4v) is 3.55. The van der Waals surface area contributed by atoms with Gasteiger partial charge in [0.15, 0.2) is 5.54 Å². The number of methoxy groups -OCH3 is 1. The molecule has 1 amide bonds. The van der Waals surface area contributed by atoms with Crippen molar-refractivity contribution in [3.63, 3.8) is 0 Å². The summed E-state index contributed by atoms with van der Waals surface area (Å²) in [6.45, 7) is 2.47. The van der Waals surface area contributed by atoms with Gasteiger partial charge in [-0.3, -0.25) is 9.63 Å². The van der Waals surface area contributed by atoms with Crippen LogP contribution in [0, 0.1) is 5.92 Å². The highest BCUT2D eigenvalue weighted by molar-refractivity contribution is 5.96. The number of amides is 1. The summed E-state index contributed by atoms with van der Waals surface area (Å²) in [4.78, 5) is 30.8. The summed E-state index contributed by atoms with van der Waals surface area (Å²) in [5, 5.41) is 4.36. The molecular formula is C17H22N2O5. The number of ether oxygens (including phenoxy) is 2. The highest BCUT2D eigenvalue weighted by Gasteiger charge is 2.71. The predicted octanol–water partition coefficient (Wildman–Crippen LogP) is 0.497. The van der Waals surface area contributed by atoms with Gasteiger partial charge in [-0.25, -0.2) is 4.79 Å². The van der Waals surface area contributed by atoms with E-state index in [9.17, 15) is 9.59 Å². The van der Waals surface area contributed by atoms with Crippen LogP contribution in [0.5, 0.6) is 0 Å². The van der Waals surface area contributed by atoms with E-state index in [2.05, 4.69) is 5.32 Å². The van der Waals surface area contributed by atoms with Crippen LogP contribution in [0.1, 0.15) is 12.5 Å². The van der Waals surface area contributed by atoms with Gasteiger partial charge >= 0.3 is 5.97 Å². The number of esters is 1. The van der Waals surface area contributed by atoms with E-state index < -0.39 is 23.0 Å². The molecule has 7 nitrogen and oxygen atoms in total. The molecule has 7 heteroatoms. The summed E-state index contributed by atoms with van der Waals surface area (Å²) < 4.78 is 10.7. The number of hydrogen-bond donors (Lipinski definition) is 1. The van der Waals surface area contributed by atoms with Gasteiger partial charge in [0.2, 0.25) is 5.91 Å². The first-order valence-electron chi connectivity index (χ1n) is 7.85. The third-order valence-corrected chi connectivity index (χ3v) is 4.91. The van der Waals surface area contributed by atoms with Crippen molar-refractivity contribution >= 4 is 11.9 Å². The van der Waals surface area contributed by atoms with Crippen LogP contribution in [-0.4, -0.2) is 55.4 Å². The van der Waals surface area contributed by atoms with Crippen molar-refractivity contribution in [3.8, 4) is 0 Å². The van der Waals surface area contributed by atoms with Crippen LogP contribution in [0.25, 0.3) is 0 Å². The van der Waals surface area contributed by atoms with E-state index in [1.807, 2.05) is 30.3 Å². The molecule has 0 bridgehead atoms. The molecule has 0 radical (unpaired) electrons. The lowest BCUT2D eigenvalue weighted by Gasteiger charge is -2.38. The molecule has 0 unspecified atom stereocenters. The molecule has 2 aliphatic rings. The van der Waals surface area contributed by atoms with Gasteiger partial charge in [-0.05, 0) is 12.5 Å². The normalized spacial score (nSPS) is 32.5. The first kappa shape index (κ1) is 16.9. The van der Waals surface area contributed by atoms with Gasteiger partial charge < -0.3 is 14.8 Å². The number of hydrogen-bond acceptors (Lipinski definition) is 6. The van der Waals surface area contributed by atoms with Crippen LogP contribution in [0.3, 0.4) is 0 Å². The molecule has 2 saturated heterocycles. The minimum Gasteiger partial charge on any atom is -0.467 e. The smallest absolute Gasteiger partial charge is 0.337 e. The summed E-state index contributed by atoms with van der Waals surface area (Å²) in [6.07, 6.45) is 0. The van der Waals surface area contributed by atoms with E-state index in [-0.39, 0.29) is 12.5 Å². The molecule has 2 fully saturated rings. The molecule has 130 valence electrons. The Balaban J connectivity index is 1.83. The van der Waals surface area contributed by atoms with Gasteiger partial charge in [0.1, 0.15) is 5.60 Å². The molecule has 3 rings (SSSR count). The Hall–Kier alpha value is -1.96. The topological polar surface area (TPSA) is 77.1 Å². The van der Waals surface area contributed by atoms with Crippen molar-refractivity contribution in [3.05, 3.63) is 35.9 Å². The number of rotatable bonds is 5. The summed E-state index contributed by atoms with van der Waals surface area (Å²) in [7, 11) is 3.03. The van der Waals surface area contributed by atoms with Crippen molar-refractivity contribution in [2.24, 2.45) is 5.92 Å². The number of nitrogens with zero attached hydrogens (tertiary/aromatic N) is 1. The number of nitrogens with one attached hydrogen (secondary N) is 1. The molecule has 2 heterocycles. The molecule has 0 aromatic heterocycles. The van der Waals surface area contributed by atoms with Gasteiger partial charge in [-0.2, -0.15) is 5.06 Å². The summed E-state index contributed by atoms with van der Waals surface area (Å²) >= 11 is 0. The van der Waals surface area contributed by atoms with Gasteiger partial charge in [-0.15, -0.1) is 0 Å². The maximum Gasteiger partial charge on any atom is 0.337 e. The Morgan fingerprint density at radius 1 is 1.42 bits per heavy atom. The van der Waals surface area contributed by atoms with Crippen LogP contribution in [-0.2, 0) is 30.5 Å². The van der Waals surface area contributed by atoms with Crippen molar-refractivity contribution in [2.45, 2.75) is 24.7 Å². The molecule has 0 spiro atoms. The van der Waals surface area contributed by atoms with Crippen molar-refractivity contribution in [1.29, 1.82) is 0 Å². The zero-order valence-corrected chi connectivity index (χ0v) is 14.1. The average Bonchev–Trinajstić information content (AvgIpc) is 2.99. The fourth-order valence-electron chi connectivity index (χ4n) is 3.55. The molecular weight excluding hydrogens is 312 g/mol. The predicted molar refractivity (Wildman–Crippen MR) is 84.6 cm³/mol. The maximum atomic E-state index is 12.6. The lowest BCUT2D eigenvalue weighted by atomic mass is 9.77. The second-order valence-electron chi connectivity index (χ2n) is 6.43. The molecule has 1 N–H and O–H groups in total. The van der Waals surface area contributed by atoms with Crippen LogP contribution in [0.15, 0.2) is 30.3 Å². The maximum absolute atomic E-state index is 12.6.